The zero-order valence-electron chi connectivity index (χ0n) is 14.0. The van der Waals surface area contributed by atoms with Crippen LogP contribution in [0.2, 0.25) is 0 Å². The zero-order chi connectivity index (χ0) is 17.5. The summed E-state index contributed by atoms with van der Waals surface area (Å²) >= 11 is 0. The number of hydrogen-bond donors (Lipinski definition) is 1. The highest BCUT2D eigenvalue weighted by atomic mass is 16.5. The summed E-state index contributed by atoms with van der Waals surface area (Å²) in [5.74, 6) is -0.897. The number of nitrogens with zero attached hydrogens (tertiary/aromatic N) is 2. The van der Waals surface area contributed by atoms with Gasteiger partial charge in [-0.1, -0.05) is 24.3 Å². The van der Waals surface area contributed by atoms with E-state index in [1.807, 2.05) is 38.1 Å². The van der Waals surface area contributed by atoms with Crippen LogP contribution < -0.4 is 0 Å². The molecule has 2 aromatic rings. The van der Waals surface area contributed by atoms with Crippen molar-refractivity contribution >= 4 is 23.6 Å². The van der Waals surface area contributed by atoms with Gasteiger partial charge in [-0.05, 0) is 44.5 Å². The minimum absolute atomic E-state index is 0.0311. The molecule has 5 heteroatoms. The fraction of sp³-hybridized carbons (Fsp3) is 0.211. The summed E-state index contributed by atoms with van der Waals surface area (Å²) in [5, 5.41) is 10.5. The predicted octanol–water partition coefficient (Wildman–Crippen LogP) is 3.93. The highest BCUT2D eigenvalue weighted by Crippen LogP contribution is 2.18. The molecule has 0 fully saturated rings. The van der Waals surface area contributed by atoms with Crippen molar-refractivity contribution < 1.29 is 14.6 Å². The first-order valence-electron chi connectivity index (χ1n) is 7.67. The first-order chi connectivity index (χ1) is 11.5. The van der Waals surface area contributed by atoms with Gasteiger partial charge in [0.2, 0.25) is 0 Å². The van der Waals surface area contributed by atoms with Crippen LogP contribution in [0.4, 0.5) is 5.69 Å². The Morgan fingerprint density at radius 3 is 2.54 bits per heavy atom. The van der Waals surface area contributed by atoms with Crippen LogP contribution in [0.5, 0.6) is 0 Å². The second kappa shape index (κ2) is 8.06. The van der Waals surface area contributed by atoms with Crippen molar-refractivity contribution in [1.29, 1.82) is 0 Å². The maximum Gasteiger partial charge on any atom is 0.343 e. The summed E-state index contributed by atoms with van der Waals surface area (Å²) in [6.45, 7) is 5.68. The molecule has 1 heterocycles. The monoisotopic (exact) mass is 324 g/mol. The first kappa shape index (κ1) is 17.4. The Labute approximate surface area is 141 Å². The lowest BCUT2D eigenvalue weighted by Gasteiger charge is -2.08. The lowest BCUT2D eigenvalue weighted by molar-refractivity contribution is -0.137. The molecule has 1 aromatic carbocycles. The van der Waals surface area contributed by atoms with Gasteiger partial charge in [0.05, 0.1) is 12.3 Å². The largest absolute Gasteiger partial charge is 0.505 e. The van der Waals surface area contributed by atoms with Crippen LogP contribution in [0.15, 0.2) is 53.0 Å². The molecule has 0 radical (unpaired) electrons. The van der Waals surface area contributed by atoms with E-state index in [-0.39, 0.29) is 17.9 Å². The predicted molar refractivity (Wildman–Crippen MR) is 94.5 cm³/mol. The van der Waals surface area contributed by atoms with Gasteiger partial charge >= 0.3 is 5.97 Å². The molecule has 0 bridgehead atoms. The van der Waals surface area contributed by atoms with Gasteiger partial charge in [-0.2, -0.15) is 0 Å². The Kier molecular flexibility index (Phi) is 5.84. The fourth-order valence-corrected chi connectivity index (χ4v) is 1.97. The van der Waals surface area contributed by atoms with Crippen LogP contribution in [0.1, 0.15) is 23.9 Å². The standard InChI is InChI=1S/C19H20N2O3/c1-4-24-19(23)16(12-20-15-8-6-5-7-9-15)18(22)17-11-10-13(2)14(3)21-17/h5-12,22H,4H2,1-3H3. The molecule has 5 nitrogen and oxygen atoms in total. The highest BCUT2D eigenvalue weighted by Gasteiger charge is 2.17. The number of hydrogen-bond acceptors (Lipinski definition) is 5. The third kappa shape index (κ3) is 4.29. The average molecular weight is 324 g/mol. The lowest BCUT2D eigenvalue weighted by atomic mass is 10.1. The number of aliphatic hydroxyl groups excluding tert-OH is 1. The van der Waals surface area contributed by atoms with Gasteiger partial charge in [0, 0.05) is 11.9 Å². The third-order valence-corrected chi connectivity index (χ3v) is 3.44. The molecule has 1 aromatic heterocycles. The SMILES string of the molecule is CCOC(=O)C(C=Nc1ccccc1)=C(O)c1ccc(C)c(C)n1. The molecule has 0 saturated heterocycles. The normalized spacial score (nSPS) is 12.1. The van der Waals surface area contributed by atoms with Crippen molar-refractivity contribution in [2.24, 2.45) is 4.99 Å². The minimum Gasteiger partial charge on any atom is -0.505 e. The van der Waals surface area contributed by atoms with Gasteiger partial charge in [-0.15, -0.1) is 0 Å². The van der Waals surface area contributed by atoms with E-state index in [4.69, 9.17) is 4.74 Å². The Balaban J connectivity index is 2.45. The highest BCUT2D eigenvalue weighted by molar-refractivity contribution is 6.15. The van der Waals surface area contributed by atoms with Crippen LogP contribution in [0, 0.1) is 13.8 Å². The lowest BCUT2D eigenvalue weighted by Crippen LogP contribution is -2.12. The van der Waals surface area contributed by atoms with Crippen LogP contribution in [0.25, 0.3) is 5.76 Å². The van der Waals surface area contributed by atoms with Gasteiger partial charge in [-0.3, -0.25) is 4.99 Å². The van der Waals surface area contributed by atoms with Gasteiger partial charge in [0.15, 0.2) is 5.76 Å². The summed E-state index contributed by atoms with van der Waals surface area (Å²) in [6.07, 6.45) is 1.31. The number of para-hydroxylation sites is 1. The number of aliphatic hydroxyl groups is 1. The number of rotatable bonds is 5. The van der Waals surface area contributed by atoms with E-state index in [1.165, 1.54) is 6.21 Å². The maximum atomic E-state index is 12.2. The molecule has 0 atom stereocenters. The number of aryl methyl sites for hydroxylation is 2. The zero-order valence-corrected chi connectivity index (χ0v) is 14.0. The molecule has 124 valence electrons. The molecule has 0 saturated carbocycles. The van der Waals surface area contributed by atoms with Crippen molar-refractivity contribution in [2.45, 2.75) is 20.8 Å². The average Bonchev–Trinajstić information content (AvgIpc) is 2.58. The van der Waals surface area contributed by atoms with E-state index >= 15 is 0 Å². The van der Waals surface area contributed by atoms with Crippen molar-refractivity contribution in [3.8, 4) is 0 Å². The molecular formula is C19H20N2O3. The summed E-state index contributed by atoms with van der Waals surface area (Å²) in [4.78, 5) is 20.7. The van der Waals surface area contributed by atoms with Crippen LogP contribution in [-0.2, 0) is 9.53 Å². The number of benzene rings is 1. The summed E-state index contributed by atoms with van der Waals surface area (Å²) < 4.78 is 5.01. The molecule has 24 heavy (non-hydrogen) atoms. The number of ether oxygens (including phenoxy) is 1. The number of aromatic nitrogens is 1. The van der Waals surface area contributed by atoms with Crippen molar-refractivity contribution in [3.05, 3.63) is 65.0 Å². The second-order valence-corrected chi connectivity index (χ2v) is 5.18. The van der Waals surface area contributed by atoms with Gasteiger partial charge in [0.25, 0.3) is 0 Å². The van der Waals surface area contributed by atoms with Crippen molar-refractivity contribution in [3.63, 3.8) is 0 Å². The topological polar surface area (TPSA) is 71.8 Å². The Morgan fingerprint density at radius 1 is 1.21 bits per heavy atom. The van der Waals surface area contributed by atoms with E-state index in [9.17, 15) is 9.90 Å². The van der Waals surface area contributed by atoms with E-state index in [0.717, 1.165) is 11.3 Å². The smallest absolute Gasteiger partial charge is 0.343 e. The first-order valence-corrected chi connectivity index (χ1v) is 7.67. The number of pyridine rings is 1. The van der Waals surface area contributed by atoms with E-state index in [1.54, 1.807) is 25.1 Å². The quantitative estimate of drug-likeness (QED) is 0.391. The summed E-state index contributed by atoms with van der Waals surface area (Å²) in [5.41, 5.74) is 2.72. The van der Waals surface area contributed by atoms with Gasteiger partial charge < -0.3 is 9.84 Å². The van der Waals surface area contributed by atoms with E-state index < -0.39 is 5.97 Å². The van der Waals surface area contributed by atoms with Crippen LogP contribution in [0.3, 0.4) is 0 Å². The molecule has 0 aliphatic rings. The Morgan fingerprint density at radius 2 is 1.92 bits per heavy atom. The van der Waals surface area contributed by atoms with Crippen molar-refractivity contribution in [2.75, 3.05) is 6.61 Å². The fourth-order valence-electron chi connectivity index (χ4n) is 1.97. The minimum atomic E-state index is -0.644. The number of esters is 1. The Bertz CT molecular complexity index is 780. The molecule has 0 aliphatic heterocycles. The number of carbonyl (C=O) groups is 1. The molecule has 0 unspecified atom stereocenters. The molecule has 1 N–H and O–H groups in total. The summed E-state index contributed by atoms with van der Waals surface area (Å²) in [6, 6.07) is 12.6. The van der Waals surface area contributed by atoms with Crippen LogP contribution >= 0.6 is 0 Å². The molecular weight excluding hydrogens is 304 g/mol. The van der Waals surface area contributed by atoms with Gasteiger partial charge in [-0.25, -0.2) is 9.78 Å². The van der Waals surface area contributed by atoms with Crippen LogP contribution in [-0.4, -0.2) is 28.9 Å². The second-order valence-electron chi connectivity index (χ2n) is 5.18. The summed E-state index contributed by atoms with van der Waals surface area (Å²) in [7, 11) is 0. The third-order valence-electron chi connectivity index (χ3n) is 3.44. The molecule has 0 amide bonds. The molecule has 0 aliphatic carbocycles. The van der Waals surface area contributed by atoms with E-state index in [0.29, 0.717) is 11.4 Å². The van der Waals surface area contributed by atoms with Crippen molar-refractivity contribution in [1.82, 2.24) is 4.98 Å². The molecule has 0 spiro atoms. The number of aliphatic imine (C=N–C) groups is 1. The Hall–Kier alpha value is -2.95. The molecule has 2 rings (SSSR count). The number of carbonyl (C=O) groups excluding carboxylic acids is 1. The van der Waals surface area contributed by atoms with E-state index in [2.05, 4.69) is 9.98 Å². The van der Waals surface area contributed by atoms with Gasteiger partial charge in [0.1, 0.15) is 11.3 Å². The maximum absolute atomic E-state index is 12.2.